The molecule has 2 aromatic heterocycles. The van der Waals surface area contributed by atoms with Crippen LogP contribution < -0.4 is 11.3 Å². The minimum absolute atomic E-state index is 0.117. The van der Waals surface area contributed by atoms with Gasteiger partial charge in [-0.15, -0.1) is 0 Å². The summed E-state index contributed by atoms with van der Waals surface area (Å²) < 4.78 is 12.4. The van der Waals surface area contributed by atoms with E-state index in [-0.39, 0.29) is 25.1 Å². The Kier molecular flexibility index (Phi) is 5.56. The molecule has 8 nitrogen and oxygen atoms in total. The van der Waals surface area contributed by atoms with Crippen LogP contribution in [0.2, 0.25) is 0 Å². The van der Waals surface area contributed by atoms with Crippen molar-refractivity contribution >= 4 is 22.8 Å². The summed E-state index contributed by atoms with van der Waals surface area (Å²) in [6, 6.07) is 11.5. The third kappa shape index (κ3) is 3.10. The number of rotatable bonds is 3. The Morgan fingerprint density at radius 3 is 2.72 bits per heavy atom. The van der Waals surface area contributed by atoms with E-state index in [0.717, 1.165) is 16.5 Å². The number of ether oxygens (including phenoxy) is 2. The first-order chi connectivity index (χ1) is 15.5. The van der Waals surface area contributed by atoms with Crippen LogP contribution in [0.5, 0.6) is 0 Å². The number of fused-ring (bicyclic) bond motifs is 5. The monoisotopic (exact) mass is 435 g/mol. The van der Waals surface area contributed by atoms with Gasteiger partial charge in [-0.3, -0.25) is 9.59 Å². The van der Waals surface area contributed by atoms with Crippen LogP contribution in [0, 0.1) is 0 Å². The molecule has 1 atom stereocenters. The second kappa shape index (κ2) is 8.20. The lowest BCUT2D eigenvalue weighted by atomic mass is 9.85. The van der Waals surface area contributed by atoms with E-state index < -0.39 is 17.5 Å². The molecule has 0 bridgehead atoms. The Labute approximate surface area is 185 Å². The Morgan fingerprint density at radius 1 is 1.25 bits per heavy atom. The van der Waals surface area contributed by atoms with Crippen molar-refractivity contribution < 1.29 is 19.1 Å². The molecule has 0 aliphatic carbocycles. The molecule has 2 aliphatic heterocycles. The number of hydrogen-bond donors (Lipinski definition) is 1. The summed E-state index contributed by atoms with van der Waals surface area (Å²) in [4.78, 5) is 42.8. The third-order valence-corrected chi connectivity index (χ3v) is 5.84. The van der Waals surface area contributed by atoms with Crippen molar-refractivity contribution in [2.24, 2.45) is 5.73 Å². The standard InChI is InChI=1S/C22H19N3O5.C2H6/c1-2-22(30-18(26)9-23)15-8-17-19-13(7-12-5-3-4-6-16(12)24-19)10-25(17)20(27)14(15)11-29-21(22)28;1-2/h3-8H,2,9-11,23H2,1H3;1-2H3/t22-;/m0./s1. The van der Waals surface area contributed by atoms with Crippen molar-refractivity contribution in [2.45, 2.75) is 45.9 Å². The molecule has 0 saturated carbocycles. The molecule has 5 rings (SSSR count). The van der Waals surface area contributed by atoms with Gasteiger partial charge in [-0.25, -0.2) is 9.78 Å². The molecule has 0 fully saturated rings. The molecule has 0 radical (unpaired) electrons. The van der Waals surface area contributed by atoms with Gasteiger partial charge >= 0.3 is 11.9 Å². The largest absolute Gasteiger partial charge is 0.457 e. The van der Waals surface area contributed by atoms with E-state index in [1.165, 1.54) is 0 Å². The van der Waals surface area contributed by atoms with Crippen LogP contribution in [0.1, 0.15) is 43.9 Å². The zero-order chi connectivity index (χ0) is 23.0. The first-order valence-corrected chi connectivity index (χ1v) is 10.7. The van der Waals surface area contributed by atoms with Crippen LogP contribution in [0.15, 0.2) is 41.2 Å². The number of nitrogens with two attached hydrogens (primary N) is 1. The molecule has 166 valence electrons. The number of hydrogen-bond acceptors (Lipinski definition) is 7. The van der Waals surface area contributed by atoms with Gasteiger partial charge in [-0.2, -0.15) is 0 Å². The average Bonchev–Trinajstić information content (AvgIpc) is 3.18. The van der Waals surface area contributed by atoms with E-state index >= 15 is 0 Å². The lowest BCUT2D eigenvalue weighted by Crippen LogP contribution is -2.48. The highest BCUT2D eigenvalue weighted by molar-refractivity contribution is 5.88. The zero-order valence-corrected chi connectivity index (χ0v) is 18.3. The molecule has 0 saturated heterocycles. The topological polar surface area (TPSA) is 114 Å². The second-order valence-corrected chi connectivity index (χ2v) is 7.44. The van der Waals surface area contributed by atoms with Crippen LogP contribution in [-0.2, 0) is 37.8 Å². The van der Waals surface area contributed by atoms with Crippen LogP contribution in [0.4, 0.5) is 0 Å². The molecule has 0 spiro atoms. The Morgan fingerprint density at radius 2 is 2.00 bits per heavy atom. The van der Waals surface area contributed by atoms with E-state index in [1.54, 1.807) is 17.6 Å². The number of nitrogens with zero attached hydrogens (tertiary/aromatic N) is 2. The summed E-state index contributed by atoms with van der Waals surface area (Å²) in [6.45, 7) is 5.53. The molecule has 1 aromatic carbocycles. The molecule has 0 amide bonds. The van der Waals surface area contributed by atoms with E-state index in [9.17, 15) is 14.4 Å². The van der Waals surface area contributed by atoms with Gasteiger partial charge in [0.25, 0.3) is 5.56 Å². The van der Waals surface area contributed by atoms with E-state index in [4.69, 9.17) is 20.2 Å². The summed E-state index contributed by atoms with van der Waals surface area (Å²) >= 11 is 0. The number of carbonyl (C=O) groups excluding carboxylic acids is 2. The molecule has 3 aromatic rings. The maximum atomic E-state index is 13.3. The number of esters is 2. The lowest BCUT2D eigenvalue weighted by Gasteiger charge is -2.35. The fourth-order valence-corrected chi connectivity index (χ4v) is 4.32. The van der Waals surface area contributed by atoms with Crippen molar-refractivity contribution in [1.29, 1.82) is 0 Å². The average molecular weight is 435 g/mol. The highest BCUT2D eigenvalue weighted by Crippen LogP contribution is 2.40. The minimum Gasteiger partial charge on any atom is -0.457 e. The Hall–Kier alpha value is -3.52. The van der Waals surface area contributed by atoms with Gasteiger partial charge in [0, 0.05) is 16.5 Å². The van der Waals surface area contributed by atoms with Crippen molar-refractivity contribution in [3.8, 4) is 11.4 Å². The molecule has 2 aliphatic rings. The highest BCUT2D eigenvalue weighted by atomic mass is 16.6. The predicted octanol–water partition coefficient (Wildman–Crippen LogP) is 2.62. The summed E-state index contributed by atoms with van der Waals surface area (Å²) in [6.07, 6.45) is 0.117. The van der Waals surface area contributed by atoms with Crippen LogP contribution in [0.25, 0.3) is 22.3 Å². The second-order valence-electron chi connectivity index (χ2n) is 7.44. The Bertz CT molecular complexity index is 1300. The van der Waals surface area contributed by atoms with Gasteiger partial charge in [0.05, 0.1) is 35.6 Å². The fourth-order valence-electron chi connectivity index (χ4n) is 4.32. The number of aromatic nitrogens is 2. The van der Waals surface area contributed by atoms with Crippen molar-refractivity contribution in [1.82, 2.24) is 9.55 Å². The van der Waals surface area contributed by atoms with E-state index in [0.29, 0.717) is 29.1 Å². The normalized spacial score (nSPS) is 18.1. The smallest absolute Gasteiger partial charge is 0.355 e. The predicted molar refractivity (Wildman–Crippen MR) is 119 cm³/mol. The van der Waals surface area contributed by atoms with Crippen LogP contribution in [-0.4, -0.2) is 28.0 Å². The summed E-state index contributed by atoms with van der Waals surface area (Å²) in [5.74, 6) is -1.44. The quantitative estimate of drug-likeness (QED) is 0.492. The highest BCUT2D eigenvalue weighted by Gasteiger charge is 2.50. The van der Waals surface area contributed by atoms with Gasteiger partial charge in [-0.1, -0.05) is 39.0 Å². The number of para-hydroxylation sites is 1. The van der Waals surface area contributed by atoms with Gasteiger partial charge < -0.3 is 19.8 Å². The molecule has 0 unspecified atom stereocenters. The van der Waals surface area contributed by atoms with Gasteiger partial charge in [0.15, 0.2) is 0 Å². The number of benzene rings is 1. The van der Waals surface area contributed by atoms with Gasteiger partial charge in [0.2, 0.25) is 5.60 Å². The summed E-state index contributed by atoms with van der Waals surface area (Å²) in [5.41, 5.74) is 7.09. The first-order valence-electron chi connectivity index (χ1n) is 10.7. The Balaban J connectivity index is 0.00000119. The van der Waals surface area contributed by atoms with E-state index in [2.05, 4.69) is 0 Å². The number of carbonyl (C=O) groups is 2. The SMILES string of the molecule is CC.CC[C@@]1(OC(=O)CN)C(=O)OCc2c1cc1n(c2=O)Cc2cc3ccccc3nc2-1. The molecule has 8 heteroatoms. The third-order valence-electron chi connectivity index (χ3n) is 5.84. The van der Waals surface area contributed by atoms with Crippen molar-refractivity contribution in [3.63, 3.8) is 0 Å². The van der Waals surface area contributed by atoms with Crippen molar-refractivity contribution in [2.75, 3.05) is 6.54 Å². The summed E-state index contributed by atoms with van der Waals surface area (Å²) in [7, 11) is 0. The first kappa shape index (κ1) is 21.7. The molecular formula is C24H25N3O5. The van der Waals surface area contributed by atoms with Gasteiger partial charge in [-0.05, 0) is 24.6 Å². The van der Waals surface area contributed by atoms with Gasteiger partial charge in [0.1, 0.15) is 6.61 Å². The lowest BCUT2D eigenvalue weighted by molar-refractivity contribution is -0.188. The maximum Gasteiger partial charge on any atom is 0.355 e. The number of cyclic esters (lactones) is 1. The summed E-state index contributed by atoms with van der Waals surface area (Å²) in [5, 5.41) is 0.986. The van der Waals surface area contributed by atoms with Crippen molar-refractivity contribution in [3.05, 3.63) is 63.4 Å². The maximum absolute atomic E-state index is 13.3. The molecule has 4 heterocycles. The fraction of sp³-hybridized carbons (Fsp3) is 0.333. The molecule has 32 heavy (non-hydrogen) atoms. The minimum atomic E-state index is -1.70. The number of pyridine rings is 2. The molecular weight excluding hydrogens is 410 g/mol. The van der Waals surface area contributed by atoms with Crippen LogP contribution in [0.3, 0.4) is 0 Å². The zero-order valence-electron chi connectivity index (χ0n) is 18.3. The molecule has 2 N–H and O–H groups in total. The van der Waals surface area contributed by atoms with E-state index in [1.807, 2.05) is 44.2 Å². The van der Waals surface area contributed by atoms with Crippen LogP contribution >= 0.6 is 0 Å².